The zero-order valence-corrected chi connectivity index (χ0v) is 7.06. The molecule has 2 nitrogen and oxygen atoms in total. The minimum Gasteiger partial charge on any atom is -0.311 e. The van der Waals surface area contributed by atoms with E-state index in [0.29, 0.717) is 0 Å². The molecular formula is C8H18N2. The summed E-state index contributed by atoms with van der Waals surface area (Å²) in [5.41, 5.74) is 0. The second-order valence-corrected chi connectivity index (χ2v) is 3.23. The summed E-state index contributed by atoms with van der Waals surface area (Å²) in [4.78, 5) is 2.34. The highest BCUT2D eigenvalue weighted by atomic mass is 15.2. The van der Waals surface area contributed by atoms with Crippen molar-refractivity contribution in [2.45, 2.75) is 25.8 Å². The van der Waals surface area contributed by atoms with Gasteiger partial charge in [-0.1, -0.05) is 13.3 Å². The molecule has 0 spiro atoms. The van der Waals surface area contributed by atoms with Crippen LogP contribution in [0.5, 0.6) is 0 Å². The fourth-order valence-electron chi connectivity index (χ4n) is 1.31. The lowest BCUT2D eigenvalue weighted by Crippen LogP contribution is -2.56. The second-order valence-electron chi connectivity index (χ2n) is 3.23. The second kappa shape index (κ2) is 3.94. The molecule has 0 aromatic heterocycles. The Morgan fingerprint density at radius 3 is 2.70 bits per heavy atom. The molecule has 0 atom stereocenters. The Balaban J connectivity index is 1.86. The minimum absolute atomic E-state index is 0.788. The van der Waals surface area contributed by atoms with E-state index in [1.165, 1.54) is 32.5 Å². The lowest BCUT2D eigenvalue weighted by Gasteiger charge is -2.36. The van der Waals surface area contributed by atoms with E-state index in [1.54, 1.807) is 0 Å². The summed E-state index contributed by atoms with van der Waals surface area (Å²) in [6, 6.07) is 0.788. The van der Waals surface area contributed by atoms with Crippen molar-refractivity contribution in [2.24, 2.45) is 0 Å². The predicted molar refractivity (Wildman–Crippen MR) is 44.2 cm³/mol. The van der Waals surface area contributed by atoms with Crippen LogP contribution < -0.4 is 5.32 Å². The molecule has 1 aliphatic heterocycles. The maximum atomic E-state index is 3.51. The molecule has 1 fully saturated rings. The Kier molecular flexibility index (Phi) is 3.16. The van der Waals surface area contributed by atoms with Crippen molar-refractivity contribution in [1.82, 2.24) is 10.2 Å². The van der Waals surface area contributed by atoms with E-state index < -0.39 is 0 Å². The molecule has 10 heavy (non-hydrogen) atoms. The standard InChI is InChI=1S/C8H18N2/c1-3-4-5-9-8-6-10(2)7-8/h8-9H,3-7H2,1-2H3. The first-order chi connectivity index (χ1) is 4.83. The fourth-order valence-corrected chi connectivity index (χ4v) is 1.31. The van der Waals surface area contributed by atoms with Gasteiger partial charge in [0.25, 0.3) is 0 Å². The van der Waals surface area contributed by atoms with Crippen molar-refractivity contribution in [2.75, 3.05) is 26.7 Å². The third-order valence-corrected chi connectivity index (χ3v) is 2.03. The topological polar surface area (TPSA) is 15.3 Å². The van der Waals surface area contributed by atoms with Gasteiger partial charge in [0.05, 0.1) is 0 Å². The summed E-state index contributed by atoms with van der Waals surface area (Å²) >= 11 is 0. The summed E-state index contributed by atoms with van der Waals surface area (Å²) < 4.78 is 0. The van der Waals surface area contributed by atoms with Crippen LogP contribution in [0.15, 0.2) is 0 Å². The predicted octanol–water partition coefficient (Wildman–Crippen LogP) is 0.690. The molecule has 2 heteroatoms. The molecule has 0 aromatic carbocycles. The van der Waals surface area contributed by atoms with E-state index in [1.807, 2.05) is 0 Å². The first kappa shape index (κ1) is 8.02. The van der Waals surface area contributed by atoms with E-state index in [9.17, 15) is 0 Å². The largest absolute Gasteiger partial charge is 0.311 e. The smallest absolute Gasteiger partial charge is 0.0322 e. The van der Waals surface area contributed by atoms with Gasteiger partial charge < -0.3 is 10.2 Å². The van der Waals surface area contributed by atoms with Crippen LogP contribution in [-0.4, -0.2) is 37.6 Å². The molecule has 0 bridgehead atoms. The summed E-state index contributed by atoms with van der Waals surface area (Å²) in [6.07, 6.45) is 2.62. The number of nitrogens with one attached hydrogen (secondary N) is 1. The summed E-state index contributed by atoms with van der Waals surface area (Å²) in [5, 5.41) is 3.51. The van der Waals surface area contributed by atoms with Gasteiger partial charge >= 0.3 is 0 Å². The third-order valence-electron chi connectivity index (χ3n) is 2.03. The molecule has 0 aromatic rings. The molecule has 60 valence electrons. The molecule has 1 N–H and O–H groups in total. The molecule has 0 amide bonds. The zero-order chi connectivity index (χ0) is 7.40. The van der Waals surface area contributed by atoms with Crippen molar-refractivity contribution in [3.8, 4) is 0 Å². The molecule has 0 unspecified atom stereocenters. The number of hydrogen-bond donors (Lipinski definition) is 1. The van der Waals surface area contributed by atoms with E-state index >= 15 is 0 Å². The Hall–Kier alpha value is -0.0800. The minimum atomic E-state index is 0.788. The number of nitrogens with zero attached hydrogens (tertiary/aromatic N) is 1. The van der Waals surface area contributed by atoms with Crippen molar-refractivity contribution in [3.05, 3.63) is 0 Å². The van der Waals surface area contributed by atoms with Gasteiger partial charge in [0.2, 0.25) is 0 Å². The van der Waals surface area contributed by atoms with Gasteiger partial charge in [0, 0.05) is 19.1 Å². The number of hydrogen-bond acceptors (Lipinski definition) is 2. The highest BCUT2D eigenvalue weighted by Crippen LogP contribution is 2.02. The summed E-state index contributed by atoms with van der Waals surface area (Å²) in [6.45, 7) is 5.91. The number of unbranched alkanes of at least 4 members (excludes halogenated alkanes) is 1. The lowest BCUT2D eigenvalue weighted by atomic mass is 10.1. The number of likely N-dealkylation sites (N-methyl/N-ethyl adjacent to an activating group) is 1. The van der Waals surface area contributed by atoms with Crippen LogP contribution in [0.1, 0.15) is 19.8 Å². The van der Waals surface area contributed by atoms with Gasteiger partial charge in [-0.25, -0.2) is 0 Å². The van der Waals surface area contributed by atoms with Gasteiger partial charge in [0.15, 0.2) is 0 Å². The fraction of sp³-hybridized carbons (Fsp3) is 1.00. The van der Waals surface area contributed by atoms with Crippen LogP contribution >= 0.6 is 0 Å². The lowest BCUT2D eigenvalue weighted by molar-refractivity contribution is 0.162. The van der Waals surface area contributed by atoms with Gasteiger partial charge in [-0.3, -0.25) is 0 Å². The van der Waals surface area contributed by atoms with E-state index in [0.717, 1.165) is 6.04 Å². The van der Waals surface area contributed by atoms with Crippen LogP contribution in [0.2, 0.25) is 0 Å². The molecule has 0 saturated carbocycles. The highest BCUT2D eigenvalue weighted by Gasteiger charge is 2.21. The molecule has 1 saturated heterocycles. The number of rotatable bonds is 4. The first-order valence-electron chi connectivity index (χ1n) is 4.25. The van der Waals surface area contributed by atoms with Gasteiger partial charge in [-0.05, 0) is 20.0 Å². The number of likely N-dealkylation sites (tertiary alicyclic amines) is 1. The van der Waals surface area contributed by atoms with Crippen molar-refractivity contribution < 1.29 is 0 Å². The first-order valence-corrected chi connectivity index (χ1v) is 4.25. The van der Waals surface area contributed by atoms with Crippen LogP contribution in [0.3, 0.4) is 0 Å². The van der Waals surface area contributed by atoms with Crippen molar-refractivity contribution >= 4 is 0 Å². The Labute approximate surface area is 63.6 Å². The maximum Gasteiger partial charge on any atom is 0.0322 e. The summed E-state index contributed by atoms with van der Waals surface area (Å²) in [7, 11) is 2.16. The van der Waals surface area contributed by atoms with Crippen LogP contribution in [-0.2, 0) is 0 Å². The van der Waals surface area contributed by atoms with Crippen LogP contribution in [0.4, 0.5) is 0 Å². The average molecular weight is 142 g/mol. The van der Waals surface area contributed by atoms with Gasteiger partial charge in [0.1, 0.15) is 0 Å². The Morgan fingerprint density at radius 2 is 2.20 bits per heavy atom. The van der Waals surface area contributed by atoms with Crippen molar-refractivity contribution in [1.29, 1.82) is 0 Å². The monoisotopic (exact) mass is 142 g/mol. The molecule has 1 heterocycles. The molecular weight excluding hydrogens is 124 g/mol. The zero-order valence-electron chi connectivity index (χ0n) is 7.06. The van der Waals surface area contributed by atoms with Crippen LogP contribution in [0, 0.1) is 0 Å². The van der Waals surface area contributed by atoms with E-state index in [4.69, 9.17) is 0 Å². The molecule has 1 aliphatic rings. The molecule has 1 rings (SSSR count). The van der Waals surface area contributed by atoms with Crippen LogP contribution in [0.25, 0.3) is 0 Å². The highest BCUT2D eigenvalue weighted by molar-refractivity contribution is 4.82. The van der Waals surface area contributed by atoms with E-state index in [2.05, 4.69) is 24.2 Å². The summed E-state index contributed by atoms with van der Waals surface area (Å²) in [5.74, 6) is 0. The maximum absolute atomic E-state index is 3.51. The Morgan fingerprint density at radius 1 is 1.50 bits per heavy atom. The van der Waals surface area contributed by atoms with Crippen molar-refractivity contribution in [3.63, 3.8) is 0 Å². The average Bonchev–Trinajstić information content (AvgIpc) is 1.85. The van der Waals surface area contributed by atoms with Gasteiger partial charge in [-0.2, -0.15) is 0 Å². The third kappa shape index (κ3) is 2.27. The molecule has 0 aliphatic carbocycles. The molecule has 0 radical (unpaired) electrons. The van der Waals surface area contributed by atoms with E-state index in [-0.39, 0.29) is 0 Å². The Bertz CT molecular complexity index is 87.3. The normalized spacial score (nSPS) is 21.0. The van der Waals surface area contributed by atoms with Gasteiger partial charge in [-0.15, -0.1) is 0 Å². The quantitative estimate of drug-likeness (QED) is 0.581. The SMILES string of the molecule is CCCCNC1CN(C)C1.